The molecular formula is C12H17FN2O2. The van der Waals surface area contributed by atoms with E-state index in [-0.39, 0.29) is 11.8 Å². The predicted octanol–water partition coefficient (Wildman–Crippen LogP) is 1.76. The SMILES string of the molecule is COc1cc(F)cc(NC(=O)[C@H](N)C(C)C)c1. The second-order valence-electron chi connectivity index (χ2n) is 4.14. The molecule has 1 aromatic rings. The van der Waals surface area contributed by atoms with E-state index >= 15 is 0 Å². The highest BCUT2D eigenvalue weighted by molar-refractivity contribution is 5.95. The molecule has 1 amide bonds. The van der Waals surface area contributed by atoms with E-state index in [9.17, 15) is 9.18 Å². The molecule has 1 aromatic carbocycles. The van der Waals surface area contributed by atoms with E-state index in [1.54, 1.807) is 0 Å². The van der Waals surface area contributed by atoms with Crippen molar-refractivity contribution in [2.75, 3.05) is 12.4 Å². The fourth-order valence-electron chi connectivity index (χ4n) is 1.28. The molecule has 17 heavy (non-hydrogen) atoms. The van der Waals surface area contributed by atoms with Gasteiger partial charge in [-0.25, -0.2) is 4.39 Å². The zero-order valence-electron chi connectivity index (χ0n) is 10.2. The van der Waals surface area contributed by atoms with E-state index in [0.29, 0.717) is 11.4 Å². The van der Waals surface area contributed by atoms with E-state index < -0.39 is 11.9 Å². The fraction of sp³-hybridized carbons (Fsp3) is 0.417. The van der Waals surface area contributed by atoms with Gasteiger partial charge in [-0.05, 0) is 12.0 Å². The normalized spacial score (nSPS) is 12.4. The lowest BCUT2D eigenvalue weighted by Gasteiger charge is -2.15. The van der Waals surface area contributed by atoms with Gasteiger partial charge in [-0.1, -0.05) is 13.8 Å². The highest BCUT2D eigenvalue weighted by Gasteiger charge is 2.17. The number of hydrogen-bond donors (Lipinski definition) is 2. The van der Waals surface area contributed by atoms with Crippen molar-refractivity contribution in [2.45, 2.75) is 19.9 Å². The molecule has 0 fully saturated rings. The number of carbonyl (C=O) groups is 1. The van der Waals surface area contributed by atoms with Crippen molar-refractivity contribution in [3.05, 3.63) is 24.0 Å². The van der Waals surface area contributed by atoms with Crippen LogP contribution < -0.4 is 15.8 Å². The van der Waals surface area contributed by atoms with Crippen molar-refractivity contribution < 1.29 is 13.9 Å². The monoisotopic (exact) mass is 240 g/mol. The molecule has 0 saturated carbocycles. The molecular weight excluding hydrogens is 223 g/mol. The van der Waals surface area contributed by atoms with Gasteiger partial charge in [-0.15, -0.1) is 0 Å². The third-order valence-corrected chi connectivity index (χ3v) is 2.40. The fourth-order valence-corrected chi connectivity index (χ4v) is 1.28. The summed E-state index contributed by atoms with van der Waals surface area (Å²) in [5, 5.41) is 2.55. The van der Waals surface area contributed by atoms with Gasteiger partial charge in [0.15, 0.2) is 0 Å². The van der Waals surface area contributed by atoms with Crippen molar-refractivity contribution in [1.29, 1.82) is 0 Å². The molecule has 0 saturated heterocycles. The number of nitrogens with one attached hydrogen (secondary N) is 1. The lowest BCUT2D eigenvalue weighted by Crippen LogP contribution is -2.39. The standard InChI is InChI=1S/C12H17FN2O2/c1-7(2)11(14)12(16)15-9-4-8(13)5-10(6-9)17-3/h4-7,11H,14H2,1-3H3,(H,15,16)/t11-/m1/s1. The molecule has 3 N–H and O–H groups in total. The van der Waals surface area contributed by atoms with Gasteiger partial charge < -0.3 is 15.8 Å². The van der Waals surface area contributed by atoms with Crippen molar-refractivity contribution >= 4 is 11.6 Å². The van der Waals surface area contributed by atoms with Crippen LogP contribution in [0.2, 0.25) is 0 Å². The number of benzene rings is 1. The molecule has 0 unspecified atom stereocenters. The minimum Gasteiger partial charge on any atom is -0.497 e. The summed E-state index contributed by atoms with van der Waals surface area (Å²) >= 11 is 0. The van der Waals surface area contributed by atoms with Crippen molar-refractivity contribution in [3.8, 4) is 5.75 Å². The van der Waals surface area contributed by atoms with E-state index in [1.165, 1.54) is 25.3 Å². The maximum Gasteiger partial charge on any atom is 0.241 e. The summed E-state index contributed by atoms with van der Waals surface area (Å²) in [4.78, 5) is 11.7. The lowest BCUT2D eigenvalue weighted by molar-refractivity contribution is -0.118. The smallest absolute Gasteiger partial charge is 0.241 e. The second-order valence-corrected chi connectivity index (χ2v) is 4.14. The number of carbonyl (C=O) groups excluding carboxylic acids is 1. The Labute approximate surface area is 100.0 Å². The third kappa shape index (κ3) is 3.71. The van der Waals surface area contributed by atoms with E-state index in [4.69, 9.17) is 10.5 Å². The van der Waals surface area contributed by atoms with Gasteiger partial charge >= 0.3 is 0 Å². The molecule has 0 radical (unpaired) electrons. The van der Waals surface area contributed by atoms with E-state index in [0.717, 1.165) is 0 Å². The topological polar surface area (TPSA) is 64.3 Å². The minimum atomic E-state index is -0.621. The van der Waals surface area contributed by atoms with Crippen LogP contribution in [-0.2, 0) is 4.79 Å². The van der Waals surface area contributed by atoms with E-state index in [1.807, 2.05) is 13.8 Å². The number of ether oxygens (including phenoxy) is 1. The Kier molecular flexibility index (Phi) is 4.45. The van der Waals surface area contributed by atoms with Crippen LogP contribution in [-0.4, -0.2) is 19.1 Å². The average molecular weight is 240 g/mol. The Morgan fingerprint density at radius 1 is 1.41 bits per heavy atom. The predicted molar refractivity (Wildman–Crippen MR) is 64.4 cm³/mol. The van der Waals surface area contributed by atoms with Crippen molar-refractivity contribution in [1.82, 2.24) is 0 Å². The van der Waals surface area contributed by atoms with Crippen LogP contribution in [0, 0.1) is 11.7 Å². The Bertz CT molecular complexity index is 407. The summed E-state index contributed by atoms with van der Waals surface area (Å²) in [6.07, 6.45) is 0. The number of nitrogens with two attached hydrogens (primary N) is 1. The van der Waals surface area contributed by atoms with Crippen LogP contribution >= 0.6 is 0 Å². The Balaban J connectivity index is 2.81. The Hall–Kier alpha value is -1.62. The largest absolute Gasteiger partial charge is 0.497 e. The van der Waals surface area contributed by atoms with Gasteiger partial charge in [-0.2, -0.15) is 0 Å². The summed E-state index contributed by atoms with van der Waals surface area (Å²) in [6, 6.07) is 3.36. The van der Waals surface area contributed by atoms with Gasteiger partial charge in [0.05, 0.1) is 13.2 Å². The molecule has 4 nitrogen and oxygen atoms in total. The van der Waals surface area contributed by atoms with Crippen LogP contribution in [0.3, 0.4) is 0 Å². The summed E-state index contributed by atoms with van der Waals surface area (Å²) in [6.45, 7) is 3.69. The lowest BCUT2D eigenvalue weighted by atomic mass is 10.0. The number of hydrogen-bond acceptors (Lipinski definition) is 3. The molecule has 0 aliphatic heterocycles. The highest BCUT2D eigenvalue weighted by Crippen LogP contribution is 2.20. The molecule has 1 atom stereocenters. The Morgan fingerprint density at radius 2 is 2.06 bits per heavy atom. The molecule has 0 bridgehead atoms. The molecule has 0 spiro atoms. The van der Waals surface area contributed by atoms with Crippen LogP contribution in [0.4, 0.5) is 10.1 Å². The molecule has 0 aromatic heterocycles. The number of anilines is 1. The third-order valence-electron chi connectivity index (χ3n) is 2.40. The number of halogens is 1. The molecule has 0 aliphatic rings. The first-order chi connectivity index (χ1) is 7.93. The summed E-state index contributed by atoms with van der Waals surface area (Å²) in [7, 11) is 1.43. The van der Waals surface area contributed by atoms with Crippen LogP contribution in [0.1, 0.15) is 13.8 Å². The molecule has 1 rings (SSSR count). The average Bonchev–Trinajstić information content (AvgIpc) is 2.26. The van der Waals surface area contributed by atoms with Gasteiger partial charge in [0.25, 0.3) is 0 Å². The highest BCUT2D eigenvalue weighted by atomic mass is 19.1. The molecule has 94 valence electrons. The van der Waals surface area contributed by atoms with Crippen molar-refractivity contribution in [2.24, 2.45) is 11.7 Å². The van der Waals surface area contributed by atoms with Crippen molar-refractivity contribution in [3.63, 3.8) is 0 Å². The summed E-state index contributed by atoms with van der Waals surface area (Å²) < 4.78 is 18.1. The molecule has 0 heterocycles. The van der Waals surface area contributed by atoms with Crippen LogP contribution in [0.25, 0.3) is 0 Å². The number of methoxy groups -OCH3 is 1. The Morgan fingerprint density at radius 3 is 2.59 bits per heavy atom. The maximum atomic E-state index is 13.2. The molecule has 5 heteroatoms. The quantitative estimate of drug-likeness (QED) is 0.842. The first-order valence-corrected chi connectivity index (χ1v) is 5.35. The number of amides is 1. The second kappa shape index (κ2) is 5.63. The first-order valence-electron chi connectivity index (χ1n) is 5.35. The molecule has 0 aliphatic carbocycles. The minimum absolute atomic E-state index is 0.0189. The van der Waals surface area contributed by atoms with Gasteiger partial charge in [-0.3, -0.25) is 4.79 Å². The van der Waals surface area contributed by atoms with Crippen LogP contribution in [0.15, 0.2) is 18.2 Å². The zero-order valence-corrected chi connectivity index (χ0v) is 10.2. The number of rotatable bonds is 4. The van der Waals surface area contributed by atoms with Crippen LogP contribution in [0.5, 0.6) is 5.75 Å². The van der Waals surface area contributed by atoms with Gasteiger partial charge in [0.2, 0.25) is 5.91 Å². The van der Waals surface area contributed by atoms with Gasteiger partial charge in [0.1, 0.15) is 11.6 Å². The zero-order chi connectivity index (χ0) is 13.0. The first kappa shape index (κ1) is 13.4. The summed E-state index contributed by atoms with van der Waals surface area (Å²) in [5.41, 5.74) is 6.02. The van der Waals surface area contributed by atoms with E-state index in [2.05, 4.69) is 5.32 Å². The maximum absolute atomic E-state index is 13.2. The summed E-state index contributed by atoms with van der Waals surface area (Å²) in [5.74, 6) is -0.450. The van der Waals surface area contributed by atoms with Gasteiger partial charge in [0, 0.05) is 17.8 Å².